The highest BCUT2D eigenvalue weighted by atomic mass is 16.5. The predicted octanol–water partition coefficient (Wildman–Crippen LogP) is 1.50. The van der Waals surface area contributed by atoms with Crippen molar-refractivity contribution < 1.29 is 4.74 Å². The van der Waals surface area contributed by atoms with Gasteiger partial charge in [-0.1, -0.05) is 0 Å². The van der Waals surface area contributed by atoms with Crippen LogP contribution in [0.2, 0.25) is 0 Å². The number of ether oxygens (including phenoxy) is 1. The zero-order valence-corrected chi connectivity index (χ0v) is 10.0. The quantitative estimate of drug-likeness (QED) is 0.775. The highest BCUT2D eigenvalue weighted by molar-refractivity contribution is 5.06. The normalized spacial score (nSPS) is 15.2. The summed E-state index contributed by atoms with van der Waals surface area (Å²) in [7, 11) is 5.71. The van der Waals surface area contributed by atoms with Crippen LogP contribution in [0.25, 0.3) is 0 Å². The first-order valence-corrected chi connectivity index (χ1v) is 5.37. The molecule has 0 aliphatic heterocycles. The largest absolute Gasteiger partial charge is 0.382 e. The third-order valence-corrected chi connectivity index (χ3v) is 2.83. The van der Waals surface area contributed by atoms with Gasteiger partial charge in [0.15, 0.2) is 0 Å². The summed E-state index contributed by atoms with van der Waals surface area (Å²) in [4.78, 5) is 0. The van der Waals surface area contributed by atoms with Gasteiger partial charge in [0.05, 0.1) is 11.8 Å². The van der Waals surface area contributed by atoms with Gasteiger partial charge in [0.2, 0.25) is 0 Å². The Morgan fingerprint density at radius 1 is 1.53 bits per heavy atom. The van der Waals surface area contributed by atoms with Crippen molar-refractivity contribution >= 4 is 0 Å². The lowest BCUT2D eigenvalue weighted by Crippen LogP contribution is -2.21. The standard InChI is InChI=1S/C11H21N3O/c1-9(15-4)5-6-10(12-2)11-7-8-13-14(11)3/h7-10,12H,5-6H2,1-4H3. The van der Waals surface area contributed by atoms with Gasteiger partial charge < -0.3 is 10.1 Å². The van der Waals surface area contributed by atoms with Crippen LogP contribution in [0.3, 0.4) is 0 Å². The Morgan fingerprint density at radius 3 is 2.73 bits per heavy atom. The van der Waals surface area contributed by atoms with Crippen LogP contribution in [-0.2, 0) is 11.8 Å². The summed E-state index contributed by atoms with van der Waals surface area (Å²) >= 11 is 0. The number of hydrogen-bond acceptors (Lipinski definition) is 3. The maximum atomic E-state index is 5.24. The molecule has 15 heavy (non-hydrogen) atoms. The van der Waals surface area contributed by atoms with E-state index in [4.69, 9.17) is 4.74 Å². The van der Waals surface area contributed by atoms with Crippen LogP contribution in [0.5, 0.6) is 0 Å². The molecule has 4 nitrogen and oxygen atoms in total. The first kappa shape index (κ1) is 12.2. The van der Waals surface area contributed by atoms with E-state index in [2.05, 4.69) is 23.4 Å². The summed E-state index contributed by atoms with van der Waals surface area (Å²) < 4.78 is 7.16. The van der Waals surface area contributed by atoms with E-state index < -0.39 is 0 Å². The molecule has 1 aromatic heterocycles. The fraction of sp³-hybridized carbons (Fsp3) is 0.727. The van der Waals surface area contributed by atoms with Gasteiger partial charge in [-0.05, 0) is 32.9 Å². The molecular weight excluding hydrogens is 190 g/mol. The van der Waals surface area contributed by atoms with Gasteiger partial charge in [0.25, 0.3) is 0 Å². The van der Waals surface area contributed by atoms with E-state index in [0.29, 0.717) is 12.1 Å². The molecule has 1 N–H and O–H groups in total. The third kappa shape index (κ3) is 3.32. The predicted molar refractivity (Wildman–Crippen MR) is 60.7 cm³/mol. The van der Waals surface area contributed by atoms with Crippen molar-refractivity contribution in [3.63, 3.8) is 0 Å². The van der Waals surface area contributed by atoms with Crippen molar-refractivity contribution in [1.29, 1.82) is 0 Å². The van der Waals surface area contributed by atoms with Gasteiger partial charge in [0.1, 0.15) is 0 Å². The second-order valence-electron chi connectivity index (χ2n) is 3.84. The monoisotopic (exact) mass is 211 g/mol. The second-order valence-corrected chi connectivity index (χ2v) is 3.84. The molecule has 1 aromatic rings. The Morgan fingerprint density at radius 2 is 2.27 bits per heavy atom. The van der Waals surface area contributed by atoms with E-state index >= 15 is 0 Å². The Kier molecular flexibility index (Phi) is 4.78. The Labute approximate surface area is 91.6 Å². The molecule has 0 aromatic carbocycles. The molecule has 0 saturated carbocycles. The summed E-state index contributed by atoms with van der Waals surface area (Å²) in [6, 6.07) is 2.41. The van der Waals surface area contributed by atoms with E-state index in [0.717, 1.165) is 12.8 Å². The van der Waals surface area contributed by atoms with E-state index in [1.807, 2.05) is 25.0 Å². The van der Waals surface area contributed by atoms with Crippen molar-refractivity contribution in [1.82, 2.24) is 15.1 Å². The average molecular weight is 211 g/mol. The Hall–Kier alpha value is -0.870. The van der Waals surface area contributed by atoms with Crippen LogP contribution in [0.4, 0.5) is 0 Å². The molecule has 0 radical (unpaired) electrons. The molecule has 0 fully saturated rings. The number of rotatable bonds is 6. The highest BCUT2D eigenvalue weighted by Crippen LogP contribution is 2.18. The fourth-order valence-corrected chi connectivity index (χ4v) is 1.69. The minimum Gasteiger partial charge on any atom is -0.382 e. The van der Waals surface area contributed by atoms with Crippen LogP contribution in [0.1, 0.15) is 31.5 Å². The molecule has 0 aliphatic carbocycles. The van der Waals surface area contributed by atoms with Crippen LogP contribution in [0, 0.1) is 0 Å². The molecular formula is C11H21N3O. The van der Waals surface area contributed by atoms with Gasteiger partial charge in [-0.15, -0.1) is 0 Å². The summed E-state index contributed by atoms with van der Waals surface area (Å²) in [5, 5.41) is 7.49. The molecule has 0 saturated heterocycles. The Balaban J connectivity index is 2.53. The van der Waals surface area contributed by atoms with Crippen LogP contribution in [0.15, 0.2) is 12.3 Å². The van der Waals surface area contributed by atoms with E-state index in [-0.39, 0.29) is 0 Å². The third-order valence-electron chi connectivity index (χ3n) is 2.83. The molecule has 0 spiro atoms. The smallest absolute Gasteiger partial charge is 0.0550 e. The highest BCUT2D eigenvalue weighted by Gasteiger charge is 2.13. The van der Waals surface area contributed by atoms with Crippen molar-refractivity contribution in [2.45, 2.75) is 31.9 Å². The molecule has 0 bridgehead atoms. The molecule has 86 valence electrons. The minimum atomic E-state index is 0.314. The Bertz CT molecular complexity index is 285. The van der Waals surface area contributed by atoms with E-state index in [9.17, 15) is 0 Å². The molecule has 2 unspecified atom stereocenters. The molecule has 2 atom stereocenters. The van der Waals surface area contributed by atoms with Gasteiger partial charge in [-0.3, -0.25) is 4.68 Å². The van der Waals surface area contributed by atoms with Crippen LogP contribution < -0.4 is 5.32 Å². The van der Waals surface area contributed by atoms with Crippen molar-refractivity contribution in [3.8, 4) is 0 Å². The lowest BCUT2D eigenvalue weighted by molar-refractivity contribution is 0.106. The molecule has 0 aliphatic rings. The molecule has 4 heteroatoms. The zero-order valence-electron chi connectivity index (χ0n) is 10.0. The van der Waals surface area contributed by atoms with Crippen LogP contribution >= 0.6 is 0 Å². The maximum Gasteiger partial charge on any atom is 0.0550 e. The first-order valence-electron chi connectivity index (χ1n) is 5.37. The lowest BCUT2D eigenvalue weighted by atomic mass is 10.1. The van der Waals surface area contributed by atoms with E-state index in [1.54, 1.807) is 7.11 Å². The SMILES string of the molecule is CNC(CCC(C)OC)c1ccnn1C. The number of nitrogens with one attached hydrogen (secondary N) is 1. The summed E-state index contributed by atoms with van der Waals surface area (Å²) in [6.07, 6.45) is 4.26. The van der Waals surface area contributed by atoms with Crippen LogP contribution in [-0.4, -0.2) is 30.0 Å². The lowest BCUT2D eigenvalue weighted by Gasteiger charge is -2.18. The van der Waals surface area contributed by atoms with Gasteiger partial charge in [-0.2, -0.15) is 5.10 Å². The molecule has 1 rings (SSSR count). The van der Waals surface area contributed by atoms with Gasteiger partial charge in [0, 0.05) is 26.4 Å². The number of aryl methyl sites for hydroxylation is 1. The van der Waals surface area contributed by atoms with Crippen molar-refractivity contribution in [2.75, 3.05) is 14.2 Å². The number of methoxy groups -OCH3 is 1. The molecule has 1 heterocycles. The van der Waals surface area contributed by atoms with Gasteiger partial charge >= 0.3 is 0 Å². The fourth-order valence-electron chi connectivity index (χ4n) is 1.69. The van der Waals surface area contributed by atoms with E-state index in [1.165, 1.54) is 5.69 Å². The number of hydrogen-bond donors (Lipinski definition) is 1. The topological polar surface area (TPSA) is 39.1 Å². The van der Waals surface area contributed by atoms with Crippen molar-refractivity contribution in [3.05, 3.63) is 18.0 Å². The zero-order chi connectivity index (χ0) is 11.3. The van der Waals surface area contributed by atoms with Crippen molar-refractivity contribution in [2.24, 2.45) is 7.05 Å². The first-order chi connectivity index (χ1) is 7.19. The number of aromatic nitrogens is 2. The summed E-state index contributed by atoms with van der Waals surface area (Å²) in [6.45, 7) is 2.09. The maximum absolute atomic E-state index is 5.24. The second kappa shape index (κ2) is 5.88. The summed E-state index contributed by atoms with van der Waals surface area (Å²) in [5.74, 6) is 0. The summed E-state index contributed by atoms with van der Waals surface area (Å²) in [5.41, 5.74) is 1.22. The van der Waals surface area contributed by atoms with Gasteiger partial charge in [-0.25, -0.2) is 0 Å². The molecule has 0 amide bonds. The number of nitrogens with zero attached hydrogens (tertiary/aromatic N) is 2. The minimum absolute atomic E-state index is 0.314. The average Bonchev–Trinajstić information content (AvgIpc) is 2.65.